The lowest BCUT2D eigenvalue weighted by molar-refractivity contribution is -0.384. The van der Waals surface area contributed by atoms with E-state index in [1.165, 1.54) is 18.2 Å². The van der Waals surface area contributed by atoms with Gasteiger partial charge in [0.05, 0.1) is 16.5 Å². The van der Waals surface area contributed by atoms with E-state index in [9.17, 15) is 19.7 Å². The van der Waals surface area contributed by atoms with Crippen LogP contribution in [0.3, 0.4) is 0 Å². The van der Waals surface area contributed by atoms with Crippen LogP contribution >= 0.6 is 0 Å². The largest absolute Gasteiger partial charge is 0.327 e. The summed E-state index contributed by atoms with van der Waals surface area (Å²) >= 11 is 0. The average Bonchev–Trinajstić information content (AvgIpc) is 2.67. The van der Waals surface area contributed by atoms with Crippen LogP contribution in [0.1, 0.15) is 43.9 Å². The van der Waals surface area contributed by atoms with E-state index in [1.807, 2.05) is 24.3 Å². The highest BCUT2D eigenvalue weighted by Gasteiger charge is 2.31. The number of urea groups is 1. The third kappa shape index (κ3) is 4.43. The topological polar surface area (TPSA) is 113 Å². The van der Waals surface area contributed by atoms with Crippen molar-refractivity contribution in [3.63, 3.8) is 0 Å². The maximum absolute atomic E-state index is 13.0. The summed E-state index contributed by atoms with van der Waals surface area (Å²) in [5, 5.41) is 19.1. The zero-order valence-electron chi connectivity index (χ0n) is 16.4. The van der Waals surface area contributed by atoms with Crippen molar-refractivity contribution in [3.8, 4) is 0 Å². The van der Waals surface area contributed by atoms with Crippen LogP contribution in [0.15, 0.2) is 59.8 Å². The van der Waals surface area contributed by atoms with Gasteiger partial charge >= 0.3 is 6.03 Å². The van der Waals surface area contributed by atoms with E-state index < -0.39 is 22.9 Å². The molecule has 0 aliphatic carbocycles. The van der Waals surface area contributed by atoms with E-state index in [1.54, 1.807) is 13.0 Å². The Morgan fingerprint density at radius 3 is 2.48 bits per heavy atom. The lowest BCUT2D eigenvalue weighted by Crippen LogP contribution is -2.45. The lowest BCUT2D eigenvalue weighted by atomic mass is 9.92. The van der Waals surface area contributed by atoms with Crippen molar-refractivity contribution in [2.45, 2.75) is 32.7 Å². The summed E-state index contributed by atoms with van der Waals surface area (Å²) in [7, 11) is 0. The van der Waals surface area contributed by atoms with Gasteiger partial charge in [0.1, 0.15) is 0 Å². The molecule has 2 aromatic rings. The number of non-ortho nitro benzene ring substituents is 1. The maximum Gasteiger partial charge on any atom is 0.319 e. The summed E-state index contributed by atoms with van der Waals surface area (Å²) in [4.78, 5) is 35.5. The van der Waals surface area contributed by atoms with E-state index in [-0.39, 0.29) is 5.69 Å². The molecular formula is C21H22N4O4. The van der Waals surface area contributed by atoms with Gasteiger partial charge in [0.25, 0.3) is 11.6 Å². The first-order valence-corrected chi connectivity index (χ1v) is 9.20. The van der Waals surface area contributed by atoms with Crippen LogP contribution in [0, 0.1) is 10.1 Å². The number of hydrogen-bond donors (Lipinski definition) is 3. The second-order valence-corrected chi connectivity index (χ2v) is 7.15. The average molecular weight is 394 g/mol. The van der Waals surface area contributed by atoms with E-state index in [0.717, 1.165) is 11.1 Å². The Hall–Kier alpha value is -3.68. The first-order chi connectivity index (χ1) is 13.8. The van der Waals surface area contributed by atoms with Crippen LogP contribution in [-0.2, 0) is 4.79 Å². The number of carbonyl (C=O) groups excluding carboxylic acids is 2. The van der Waals surface area contributed by atoms with E-state index in [0.29, 0.717) is 22.9 Å². The summed E-state index contributed by atoms with van der Waals surface area (Å²) in [6, 6.07) is 12.4. The summed E-state index contributed by atoms with van der Waals surface area (Å²) in [6.07, 6.45) is 0. The molecule has 0 bridgehead atoms. The monoisotopic (exact) mass is 394 g/mol. The maximum atomic E-state index is 13.0. The van der Waals surface area contributed by atoms with Crippen molar-refractivity contribution >= 4 is 23.3 Å². The van der Waals surface area contributed by atoms with Gasteiger partial charge in [-0.3, -0.25) is 14.9 Å². The molecule has 8 heteroatoms. The zero-order valence-corrected chi connectivity index (χ0v) is 16.4. The Morgan fingerprint density at radius 1 is 1.17 bits per heavy atom. The number of benzene rings is 2. The van der Waals surface area contributed by atoms with Crippen molar-refractivity contribution in [2.24, 2.45) is 0 Å². The number of nitro groups is 1. The molecule has 1 aliphatic rings. The molecule has 0 spiro atoms. The summed E-state index contributed by atoms with van der Waals surface area (Å²) in [5.74, 6) is -0.0889. The molecule has 0 saturated heterocycles. The number of amides is 3. The summed E-state index contributed by atoms with van der Waals surface area (Å²) in [5.41, 5.74) is 2.87. The molecule has 3 rings (SSSR count). The van der Waals surface area contributed by atoms with Crippen LogP contribution < -0.4 is 16.0 Å². The Morgan fingerprint density at radius 2 is 1.86 bits per heavy atom. The number of hydrogen-bond acceptors (Lipinski definition) is 4. The number of carbonyl (C=O) groups is 2. The predicted molar refractivity (Wildman–Crippen MR) is 109 cm³/mol. The van der Waals surface area contributed by atoms with Gasteiger partial charge in [-0.1, -0.05) is 44.2 Å². The molecule has 3 amide bonds. The molecule has 0 saturated carbocycles. The van der Waals surface area contributed by atoms with E-state index in [2.05, 4.69) is 29.8 Å². The Balaban J connectivity index is 1.92. The molecule has 0 unspecified atom stereocenters. The van der Waals surface area contributed by atoms with Gasteiger partial charge in [-0.05, 0) is 30.0 Å². The normalized spacial score (nSPS) is 16.3. The number of nitro benzene ring substituents is 1. The number of rotatable bonds is 5. The molecule has 8 nitrogen and oxygen atoms in total. The zero-order chi connectivity index (χ0) is 21.1. The predicted octanol–water partition coefficient (Wildman–Crippen LogP) is 3.98. The van der Waals surface area contributed by atoms with E-state index in [4.69, 9.17) is 0 Å². The molecule has 29 heavy (non-hydrogen) atoms. The van der Waals surface area contributed by atoms with Gasteiger partial charge in [-0.15, -0.1) is 0 Å². The molecule has 0 aromatic heterocycles. The van der Waals surface area contributed by atoms with E-state index >= 15 is 0 Å². The van der Waals surface area contributed by atoms with Crippen molar-refractivity contribution in [1.82, 2.24) is 10.6 Å². The summed E-state index contributed by atoms with van der Waals surface area (Å²) < 4.78 is 0. The fraction of sp³-hybridized carbons (Fsp3) is 0.238. The molecular weight excluding hydrogens is 372 g/mol. The van der Waals surface area contributed by atoms with Crippen LogP contribution in [0.2, 0.25) is 0 Å². The number of anilines is 1. The highest BCUT2D eigenvalue weighted by Crippen LogP contribution is 2.29. The molecule has 2 aromatic carbocycles. The molecule has 1 atom stereocenters. The quantitative estimate of drug-likeness (QED) is 0.526. The van der Waals surface area contributed by atoms with Gasteiger partial charge < -0.3 is 16.0 Å². The van der Waals surface area contributed by atoms with Crippen LogP contribution in [0.5, 0.6) is 0 Å². The fourth-order valence-corrected chi connectivity index (χ4v) is 3.21. The van der Waals surface area contributed by atoms with Crippen LogP contribution in [0.4, 0.5) is 16.2 Å². The minimum absolute atomic E-state index is 0.121. The minimum Gasteiger partial charge on any atom is -0.327 e. The van der Waals surface area contributed by atoms with Crippen molar-refractivity contribution in [1.29, 1.82) is 0 Å². The summed E-state index contributed by atoms with van der Waals surface area (Å²) in [6.45, 7) is 5.82. The van der Waals surface area contributed by atoms with Gasteiger partial charge in [0.2, 0.25) is 0 Å². The van der Waals surface area contributed by atoms with Crippen molar-refractivity contribution < 1.29 is 14.5 Å². The third-order valence-corrected chi connectivity index (χ3v) is 4.77. The lowest BCUT2D eigenvalue weighted by Gasteiger charge is -2.29. The highest BCUT2D eigenvalue weighted by molar-refractivity contribution is 6.06. The standard InChI is InChI=1S/C21H22N4O4/c1-12(2)14-7-9-15(10-8-14)19-18(13(3)22-21(27)24-19)20(26)23-16-5-4-6-17(11-16)25(28)29/h4-12,19H,1-3H3,(H,23,26)(H2,22,24,27)/t19-/m1/s1. The SMILES string of the molecule is CC1=C(C(=O)Nc2cccc([N+](=O)[O-])c2)[C@@H](c2ccc(C(C)C)cc2)NC(=O)N1. The first kappa shape index (κ1) is 20.1. The third-order valence-electron chi connectivity index (χ3n) is 4.77. The van der Waals surface area contributed by atoms with Gasteiger partial charge in [-0.2, -0.15) is 0 Å². The fourth-order valence-electron chi connectivity index (χ4n) is 3.21. The van der Waals surface area contributed by atoms with Gasteiger partial charge in [0.15, 0.2) is 0 Å². The Bertz CT molecular complexity index is 996. The first-order valence-electron chi connectivity index (χ1n) is 9.20. The molecule has 1 heterocycles. The number of allylic oxidation sites excluding steroid dienone is 1. The second-order valence-electron chi connectivity index (χ2n) is 7.15. The molecule has 1 aliphatic heterocycles. The molecule has 150 valence electrons. The van der Waals surface area contributed by atoms with Crippen LogP contribution in [-0.4, -0.2) is 16.9 Å². The second kappa shape index (κ2) is 8.14. The number of nitrogens with zero attached hydrogens (tertiary/aromatic N) is 1. The highest BCUT2D eigenvalue weighted by atomic mass is 16.6. The van der Waals surface area contributed by atoms with Gasteiger partial charge in [0, 0.05) is 23.5 Å². The molecule has 0 fully saturated rings. The molecule has 3 N–H and O–H groups in total. The molecule has 0 radical (unpaired) electrons. The smallest absolute Gasteiger partial charge is 0.319 e. The Labute approximate surface area is 168 Å². The minimum atomic E-state index is -0.635. The van der Waals surface area contributed by atoms with Crippen LogP contribution in [0.25, 0.3) is 0 Å². The number of nitrogens with one attached hydrogen (secondary N) is 3. The van der Waals surface area contributed by atoms with Crippen molar-refractivity contribution in [2.75, 3.05) is 5.32 Å². The van der Waals surface area contributed by atoms with Gasteiger partial charge in [-0.25, -0.2) is 4.79 Å². The Kier molecular flexibility index (Phi) is 5.63. The van der Waals surface area contributed by atoms with Crippen molar-refractivity contribution in [3.05, 3.63) is 81.0 Å².